The van der Waals surface area contributed by atoms with Crippen molar-refractivity contribution in [2.75, 3.05) is 0 Å². The van der Waals surface area contributed by atoms with E-state index in [2.05, 4.69) is 0 Å². The lowest BCUT2D eigenvalue weighted by molar-refractivity contribution is 0.597. The zero-order valence-electron chi connectivity index (χ0n) is 6.41. The maximum absolute atomic E-state index is 10.9. The molecule has 0 amide bonds. The first-order chi connectivity index (χ1) is 5.43. The fraction of sp³-hybridized carbons (Fsp3) is 0.143. The van der Waals surface area contributed by atoms with E-state index >= 15 is 0 Å². The SMILES string of the molecule is Cc1c(Cl)cccc1S(N)(=O)=O. The predicted molar refractivity (Wildman–Crippen MR) is 47.6 cm³/mol. The van der Waals surface area contributed by atoms with Crippen LogP contribution >= 0.6 is 11.6 Å². The minimum Gasteiger partial charge on any atom is -0.225 e. The van der Waals surface area contributed by atoms with Gasteiger partial charge in [-0.05, 0) is 24.6 Å². The van der Waals surface area contributed by atoms with Gasteiger partial charge in [0.25, 0.3) is 0 Å². The summed E-state index contributed by atoms with van der Waals surface area (Å²) in [6.07, 6.45) is 0. The van der Waals surface area contributed by atoms with Gasteiger partial charge in [-0.1, -0.05) is 17.7 Å². The zero-order valence-corrected chi connectivity index (χ0v) is 7.98. The second-order valence-electron chi connectivity index (χ2n) is 2.41. The van der Waals surface area contributed by atoms with Crippen LogP contribution in [0.25, 0.3) is 0 Å². The molecule has 0 aliphatic rings. The number of nitrogens with two attached hydrogens (primary N) is 1. The number of rotatable bonds is 1. The molecule has 3 nitrogen and oxygen atoms in total. The molecule has 12 heavy (non-hydrogen) atoms. The summed E-state index contributed by atoms with van der Waals surface area (Å²) < 4.78 is 21.9. The summed E-state index contributed by atoms with van der Waals surface area (Å²) in [5.74, 6) is 0. The normalized spacial score (nSPS) is 11.6. The van der Waals surface area contributed by atoms with E-state index in [0.717, 1.165) is 0 Å². The number of hydrogen-bond donors (Lipinski definition) is 1. The Hall–Kier alpha value is -0.580. The summed E-state index contributed by atoms with van der Waals surface area (Å²) in [4.78, 5) is 0.0787. The van der Waals surface area contributed by atoms with Crippen molar-refractivity contribution in [2.24, 2.45) is 5.14 Å². The molecule has 0 unspecified atom stereocenters. The third-order valence-corrected chi connectivity index (χ3v) is 2.99. The second-order valence-corrected chi connectivity index (χ2v) is 4.35. The number of primary sulfonamides is 1. The van der Waals surface area contributed by atoms with Crippen molar-refractivity contribution in [1.82, 2.24) is 0 Å². The van der Waals surface area contributed by atoms with Crippen LogP contribution in [0.4, 0.5) is 0 Å². The van der Waals surface area contributed by atoms with E-state index in [4.69, 9.17) is 16.7 Å². The number of benzene rings is 1. The molecule has 1 rings (SSSR count). The number of hydrogen-bond acceptors (Lipinski definition) is 2. The van der Waals surface area contributed by atoms with Crippen LogP contribution in [0.1, 0.15) is 5.56 Å². The van der Waals surface area contributed by atoms with E-state index < -0.39 is 10.0 Å². The molecule has 0 heterocycles. The summed E-state index contributed by atoms with van der Waals surface area (Å²) in [6.45, 7) is 1.61. The summed E-state index contributed by atoms with van der Waals surface area (Å²) >= 11 is 5.70. The Morgan fingerprint density at radius 1 is 1.42 bits per heavy atom. The van der Waals surface area contributed by atoms with Gasteiger partial charge in [-0.2, -0.15) is 0 Å². The molecule has 5 heteroatoms. The van der Waals surface area contributed by atoms with E-state index in [0.29, 0.717) is 10.6 Å². The molecule has 0 fully saturated rings. The average molecular weight is 206 g/mol. The highest BCUT2D eigenvalue weighted by atomic mass is 35.5. The molecular weight excluding hydrogens is 198 g/mol. The van der Waals surface area contributed by atoms with Gasteiger partial charge in [0.2, 0.25) is 10.0 Å². The fourth-order valence-electron chi connectivity index (χ4n) is 0.896. The maximum Gasteiger partial charge on any atom is 0.238 e. The third kappa shape index (κ3) is 1.77. The maximum atomic E-state index is 10.9. The van der Waals surface area contributed by atoms with Gasteiger partial charge >= 0.3 is 0 Å². The largest absolute Gasteiger partial charge is 0.238 e. The third-order valence-electron chi connectivity index (χ3n) is 1.52. The molecule has 0 atom stereocenters. The van der Waals surface area contributed by atoms with Crippen LogP contribution in [0.5, 0.6) is 0 Å². The smallest absolute Gasteiger partial charge is 0.225 e. The van der Waals surface area contributed by atoms with Gasteiger partial charge < -0.3 is 0 Å². The summed E-state index contributed by atoms with van der Waals surface area (Å²) in [5, 5.41) is 5.34. The minimum absolute atomic E-state index is 0.0787. The van der Waals surface area contributed by atoms with Gasteiger partial charge in [-0.3, -0.25) is 0 Å². The monoisotopic (exact) mass is 205 g/mol. The topological polar surface area (TPSA) is 60.2 Å². The molecule has 0 saturated heterocycles. The van der Waals surface area contributed by atoms with Crippen molar-refractivity contribution in [2.45, 2.75) is 11.8 Å². The van der Waals surface area contributed by atoms with Crippen LogP contribution in [-0.2, 0) is 10.0 Å². The first kappa shape index (κ1) is 9.51. The first-order valence-electron chi connectivity index (χ1n) is 3.21. The summed E-state index contributed by atoms with van der Waals surface area (Å²) in [7, 11) is -3.64. The highest BCUT2D eigenvalue weighted by Crippen LogP contribution is 2.21. The Labute approximate surface area is 76.2 Å². The van der Waals surface area contributed by atoms with E-state index in [1.165, 1.54) is 6.07 Å². The number of sulfonamides is 1. The molecule has 66 valence electrons. The van der Waals surface area contributed by atoms with Crippen LogP contribution in [0.3, 0.4) is 0 Å². The average Bonchev–Trinajstić information content (AvgIpc) is 1.92. The van der Waals surface area contributed by atoms with Gasteiger partial charge in [0.05, 0.1) is 4.90 Å². The van der Waals surface area contributed by atoms with E-state index in [1.807, 2.05) is 0 Å². The Kier molecular flexibility index (Phi) is 2.41. The second kappa shape index (κ2) is 3.05. The van der Waals surface area contributed by atoms with E-state index in [1.54, 1.807) is 19.1 Å². The zero-order chi connectivity index (χ0) is 9.35. The molecule has 0 bridgehead atoms. The molecule has 0 aromatic heterocycles. The Balaban J connectivity index is 3.47. The van der Waals surface area contributed by atoms with Crippen molar-refractivity contribution in [3.63, 3.8) is 0 Å². The highest BCUT2D eigenvalue weighted by Gasteiger charge is 2.12. The van der Waals surface area contributed by atoms with Crippen molar-refractivity contribution >= 4 is 21.6 Å². The molecule has 1 aromatic carbocycles. The highest BCUT2D eigenvalue weighted by molar-refractivity contribution is 7.89. The van der Waals surface area contributed by atoms with Crippen molar-refractivity contribution in [3.05, 3.63) is 28.8 Å². The van der Waals surface area contributed by atoms with Crippen LogP contribution in [-0.4, -0.2) is 8.42 Å². The van der Waals surface area contributed by atoms with Gasteiger partial charge in [0, 0.05) is 5.02 Å². The van der Waals surface area contributed by atoms with Gasteiger partial charge in [0.1, 0.15) is 0 Å². The Morgan fingerprint density at radius 2 is 2.00 bits per heavy atom. The van der Waals surface area contributed by atoms with Crippen molar-refractivity contribution in [3.8, 4) is 0 Å². The van der Waals surface area contributed by atoms with Crippen LogP contribution in [0, 0.1) is 6.92 Å². The number of halogens is 1. The van der Waals surface area contributed by atoms with Crippen LogP contribution < -0.4 is 5.14 Å². The first-order valence-corrected chi connectivity index (χ1v) is 5.13. The molecule has 0 aliphatic carbocycles. The van der Waals surface area contributed by atoms with Crippen molar-refractivity contribution in [1.29, 1.82) is 0 Å². The standard InChI is InChI=1S/C7H8ClNO2S/c1-5-6(8)3-2-4-7(5)12(9,10)11/h2-4H,1H3,(H2,9,10,11). The molecule has 2 N–H and O–H groups in total. The van der Waals surface area contributed by atoms with Crippen LogP contribution in [0.15, 0.2) is 23.1 Å². The molecule has 1 aromatic rings. The predicted octanol–water partition coefficient (Wildman–Crippen LogP) is 1.30. The summed E-state index contributed by atoms with van der Waals surface area (Å²) in [5.41, 5.74) is 0.488. The van der Waals surface area contributed by atoms with Gasteiger partial charge in [-0.25, -0.2) is 13.6 Å². The van der Waals surface area contributed by atoms with E-state index in [-0.39, 0.29) is 4.90 Å². The fourth-order valence-corrected chi connectivity index (χ4v) is 1.93. The lowest BCUT2D eigenvalue weighted by atomic mass is 10.2. The Morgan fingerprint density at radius 3 is 2.42 bits per heavy atom. The molecule has 0 radical (unpaired) electrons. The van der Waals surface area contributed by atoms with E-state index in [9.17, 15) is 8.42 Å². The quantitative estimate of drug-likeness (QED) is 0.751. The van der Waals surface area contributed by atoms with Gasteiger partial charge in [-0.15, -0.1) is 0 Å². The van der Waals surface area contributed by atoms with Crippen molar-refractivity contribution < 1.29 is 8.42 Å². The molecule has 0 aliphatic heterocycles. The summed E-state index contributed by atoms with van der Waals surface area (Å²) in [6, 6.07) is 4.59. The molecule has 0 spiro atoms. The van der Waals surface area contributed by atoms with Crippen LogP contribution in [0.2, 0.25) is 5.02 Å². The Bertz CT molecular complexity index is 400. The van der Waals surface area contributed by atoms with Gasteiger partial charge in [0.15, 0.2) is 0 Å². The molecular formula is C7H8ClNO2S. The lowest BCUT2D eigenvalue weighted by Crippen LogP contribution is -2.13. The minimum atomic E-state index is -3.64. The lowest BCUT2D eigenvalue weighted by Gasteiger charge is -2.03. The molecule has 0 saturated carbocycles.